The van der Waals surface area contributed by atoms with Gasteiger partial charge in [0.25, 0.3) is 5.91 Å². The summed E-state index contributed by atoms with van der Waals surface area (Å²) in [6.07, 6.45) is -3.56. The molecule has 1 aliphatic rings. The summed E-state index contributed by atoms with van der Waals surface area (Å²) in [5.74, 6) is -0.845. The van der Waals surface area contributed by atoms with Gasteiger partial charge < -0.3 is 4.57 Å². The van der Waals surface area contributed by atoms with E-state index in [9.17, 15) is 18.0 Å². The second-order valence-corrected chi connectivity index (χ2v) is 8.03. The number of benzene rings is 2. The number of anilines is 1. The summed E-state index contributed by atoms with van der Waals surface area (Å²) in [5, 5.41) is 5.11. The maximum Gasteiger partial charge on any atom is 0.435 e. The molecule has 9 heteroatoms. The highest BCUT2D eigenvalue weighted by molar-refractivity contribution is 6.42. The minimum Gasteiger partial charge on any atom is -0.318 e. The lowest BCUT2D eigenvalue weighted by atomic mass is 10.1. The number of carbonyl (C=O) groups is 1. The number of amides is 1. The van der Waals surface area contributed by atoms with Crippen LogP contribution in [0.15, 0.2) is 65.3 Å². The van der Waals surface area contributed by atoms with Crippen molar-refractivity contribution in [2.24, 2.45) is 5.10 Å². The number of carbonyl (C=O) groups excluding carboxylic acids is 1. The van der Waals surface area contributed by atoms with Crippen LogP contribution in [0, 0.1) is 13.8 Å². The molecule has 0 aliphatic carbocycles. The Balaban J connectivity index is 1.81. The fraction of sp³-hybridized carbons (Fsp3) is 0.130. The molecule has 0 radical (unpaired) electrons. The molecule has 0 spiro atoms. The van der Waals surface area contributed by atoms with Gasteiger partial charge in [0.05, 0.1) is 21.3 Å². The molecule has 0 atom stereocenters. The molecular weight excluding hydrogens is 462 g/mol. The van der Waals surface area contributed by atoms with Crippen molar-refractivity contribution >= 4 is 46.6 Å². The molecule has 1 aliphatic heterocycles. The van der Waals surface area contributed by atoms with Crippen LogP contribution in [0.3, 0.4) is 0 Å². The number of alkyl halides is 3. The maximum atomic E-state index is 13.7. The molecule has 3 aromatic rings. The van der Waals surface area contributed by atoms with E-state index in [1.807, 2.05) is 11.5 Å². The Labute approximate surface area is 192 Å². The van der Waals surface area contributed by atoms with Gasteiger partial charge in [0.2, 0.25) is 0 Å². The van der Waals surface area contributed by atoms with Crippen molar-refractivity contribution in [2.45, 2.75) is 20.0 Å². The highest BCUT2D eigenvalue weighted by Crippen LogP contribution is 2.34. The van der Waals surface area contributed by atoms with E-state index < -0.39 is 23.4 Å². The fourth-order valence-electron chi connectivity index (χ4n) is 3.61. The monoisotopic (exact) mass is 477 g/mol. The highest BCUT2D eigenvalue weighted by Gasteiger charge is 2.46. The predicted molar refractivity (Wildman–Crippen MR) is 121 cm³/mol. The number of para-hydroxylation sites is 1. The van der Waals surface area contributed by atoms with Gasteiger partial charge in [0.1, 0.15) is 0 Å². The molecule has 0 saturated carbocycles. The Kier molecular flexibility index (Phi) is 5.65. The number of nitrogens with zero attached hydrogens (tertiary/aromatic N) is 3. The first-order valence-corrected chi connectivity index (χ1v) is 10.3. The van der Waals surface area contributed by atoms with Crippen LogP contribution in [0.4, 0.5) is 18.9 Å². The molecule has 0 fully saturated rings. The van der Waals surface area contributed by atoms with Crippen LogP contribution < -0.4 is 5.01 Å². The van der Waals surface area contributed by atoms with Crippen molar-refractivity contribution in [2.75, 3.05) is 5.01 Å². The Morgan fingerprint density at radius 3 is 2.25 bits per heavy atom. The summed E-state index contributed by atoms with van der Waals surface area (Å²) in [5.41, 5.74) is 1.06. The lowest BCUT2D eigenvalue weighted by molar-refractivity contribution is -0.114. The molecule has 4 nitrogen and oxygen atoms in total. The van der Waals surface area contributed by atoms with Crippen molar-refractivity contribution in [3.05, 3.63) is 87.2 Å². The fourth-order valence-corrected chi connectivity index (χ4v) is 3.90. The maximum absolute atomic E-state index is 13.7. The molecule has 0 N–H and O–H groups in total. The van der Waals surface area contributed by atoms with Gasteiger partial charge in [-0.2, -0.15) is 23.3 Å². The number of rotatable bonds is 3. The normalized spacial score (nSPS) is 15.6. The third kappa shape index (κ3) is 3.94. The predicted octanol–water partition coefficient (Wildman–Crippen LogP) is 6.75. The third-order valence-corrected chi connectivity index (χ3v) is 5.82. The molecule has 32 heavy (non-hydrogen) atoms. The second kappa shape index (κ2) is 8.15. The molecule has 1 amide bonds. The SMILES string of the molecule is Cc1cc(/C=C2\C(=O)N(c3ccccc3)N=C2C(F)(F)F)c(C)n1-c1ccc(Cl)c(Cl)c1. The number of halogens is 5. The van der Waals surface area contributed by atoms with Crippen LogP contribution in [0.5, 0.6) is 0 Å². The first-order valence-electron chi connectivity index (χ1n) is 9.49. The molecular formula is C23H16Cl2F3N3O. The van der Waals surface area contributed by atoms with E-state index in [2.05, 4.69) is 5.10 Å². The van der Waals surface area contributed by atoms with Crippen LogP contribution in [-0.4, -0.2) is 22.4 Å². The van der Waals surface area contributed by atoms with Crippen LogP contribution in [0.25, 0.3) is 11.8 Å². The lowest BCUT2D eigenvalue weighted by Crippen LogP contribution is -2.25. The van der Waals surface area contributed by atoms with E-state index in [0.29, 0.717) is 27.0 Å². The minimum atomic E-state index is -4.79. The van der Waals surface area contributed by atoms with Gasteiger partial charge in [0.15, 0.2) is 5.71 Å². The summed E-state index contributed by atoms with van der Waals surface area (Å²) < 4.78 is 43.0. The molecule has 2 heterocycles. The van der Waals surface area contributed by atoms with Gasteiger partial charge in [0, 0.05) is 17.1 Å². The quantitative estimate of drug-likeness (QED) is 0.384. The Hall–Kier alpha value is -3.03. The van der Waals surface area contributed by atoms with Gasteiger partial charge in [-0.15, -0.1) is 0 Å². The minimum absolute atomic E-state index is 0.254. The van der Waals surface area contributed by atoms with Gasteiger partial charge in [-0.05, 0) is 61.9 Å². The van der Waals surface area contributed by atoms with Crippen molar-refractivity contribution in [3.8, 4) is 5.69 Å². The average molecular weight is 478 g/mol. The first kappa shape index (κ1) is 22.2. The zero-order chi connectivity index (χ0) is 23.2. The number of aryl methyl sites for hydroxylation is 1. The molecule has 164 valence electrons. The van der Waals surface area contributed by atoms with Gasteiger partial charge >= 0.3 is 6.18 Å². The van der Waals surface area contributed by atoms with Crippen LogP contribution in [-0.2, 0) is 4.79 Å². The van der Waals surface area contributed by atoms with Crippen LogP contribution in [0.2, 0.25) is 10.0 Å². The van der Waals surface area contributed by atoms with Gasteiger partial charge in [-0.25, -0.2) is 0 Å². The first-order chi connectivity index (χ1) is 15.1. The Morgan fingerprint density at radius 1 is 0.938 bits per heavy atom. The van der Waals surface area contributed by atoms with Crippen molar-refractivity contribution in [1.29, 1.82) is 0 Å². The van der Waals surface area contributed by atoms with Gasteiger partial charge in [-0.3, -0.25) is 4.79 Å². The van der Waals surface area contributed by atoms with E-state index in [-0.39, 0.29) is 5.69 Å². The van der Waals surface area contributed by atoms with Crippen molar-refractivity contribution in [1.82, 2.24) is 4.57 Å². The third-order valence-electron chi connectivity index (χ3n) is 5.08. The van der Waals surface area contributed by atoms with Gasteiger partial charge in [-0.1, -0.05) is 41.4 Å². The van der Waals surface area contributed by atoms with E-state index in [1.54, 1.807) is 49.4 Å². The topological polar surface area (TPSA) is 37.6 Å². The van der Waals surface area contributed by atoms with Crippen molar-refractivity contribution < 1.29 is 18.0 Å². The molecule has 4 rings (SSSR count). The standard InChI is InChI=1S/C23H16Cl2F3N3O/c1-13-10-15(14(2)30(13)17-8-9-19(24)20(25)12-17)11-18-21(23(26,27)28)29-31(22(18)32)16-6-4-3-5-7-16/h3-12H,1-2H3/b18-11-. The molecule has 0 bridgehead atoms. The molecule has 0 saturated heterocycles. The molecule has 1 aromatic heterocycles. The molecule has 0 unspecified atom stereocenters. The number of hydrogen-bond acceptors (Lipinski definition) is 2. The lowest BCUT2D eigenvalue weighted by Gasteiger charge is -2.11. The van der Waals surface area contributed by atoms with E-state index in [0.717, 1.165) is 10.7 Å². The number of hydrogen-bond donors (Lipinski definition) is 0. The Morgan fingerprint density at radius 2 is 1.62 bits per heavy atom. The summed E-state index contributed by atoms with van der Waals surface area (Å²) >= 11 is 12.1. The number of hydrazone groups is 1. The zero-order valence-electron chi connectivity index (χ0n) is 16.9. The Bertz CT molecular complexity index is 1280. The van der Waals surface area contributed by atoms with E-state index >= 15 is 0 Å². The largest absolute Gasteiger partial charge is 0.435 e. The summed E-state index contributed by atoms with van der Waals surface area (Å²) in [6.45, 7) is 3.56. The summed E-state index contributed by atoms with van der Waals surface area (Å²) in [6, 6.07) is 14.8. The highest BCUT2D eigenvalue weighted by atomic mass is 35.5. The van der Waals surface area contributed by atoms with Crippen LogP contribution in [0.1, 0.15) is 17.0 Å². The summed E-state index contributed by atoms with van der Waals surface area (Å²) in [7, 11) is 0. The van der Waals surface area contributed by atoms with E-state index in [1.165, 1.54) is 18.2 Å². The van der Waals surface area contributed by atoms with Crippen molar-refractivity contribution in [3.63, 3.8) is 0 Å². The smallest absolute Gasteiger partial charge is 0.318 e. The number of aromatic nitrogens is 1. The van der Waals surface area contributed by atoms with E-state index in [4.69, 9.17) is 23.2 Å². The summed E-state index contributed by atoms with van der Waals surface area (Å²) in [4.78, 5) is 12.9. The zero-order valence-corrected chi connectivity index (χ0v) is 18.4. The molecule has 2 aromatic carbocycles. The van der Waals surface area contributed by atoms with Crippen LogP contribution >= 0.6 is 23.2 Å². The second-order valence-electron chi connectivity index (χ2n) is 7.22. The average Bonchev–Trinajstić information content (AvgIpc) is 3.21.